The van der Waals surface area contributed by atoms with E-state index in [1.54, 1.807) is 5.57 Å². The highest BCUT2D eigenvalue weighted by Gasteiger charge is 2.41. The third-order valence-electron chi connectivity index (χ3n) is 4.15. The van der Waals surface area contributed by atoms with Gasteiger partial charge in [-0.25, -0.2) is 0 Å². The molecule has 3 rings (SSSR count). The SMILES string of the molecule is CC1CCC2C3=C(C=CC3)CC12. The fourth-order valence-corrected chi connectivity index (χ4v) is 3.45. The predicted molar refractivity (Wildman–Crippen MR) is 50.8 cm³/mol. The van der Waals surface area contributed by atoms with Crippen molar-refractivity contribution in [3.63, 3.8) is 0 Å². The lowest BCUT2D eigenvalue weighted by atomic mass is 9.89. The van der Waals surface area contributed by atoms with E-state index in [1.807, 2.05) is 5.57 Å². The number of fused-ring (bicyclic) bond motifs is 2. The van der Waals surface area contributed by atoms with Crippen LogP contribution in [0.25, 0.3) is 0 Å². The predicted octanol–water partition coefficient (Wildman–Crippen LogP) is 3.31. The van der Waals surface area contributed by atoms with Gasteiger partial charge in [0.15, 0.2) is 0 Å². The van der Waals surface area contributed by atoms with Crippen molar-refractivity contribution in [2.45, 2.75) is 32.6 Å². The zero-order chi connectivity index (χ0) is 8.13. The molecule has 64 valence electrons. The van der Waals surface area contributed by atoms with Crippen LogP contribution in [0.2, 0.25) is 0 Å². The van der Waals surface area contributed by atoms with Crippen molar-refractivity contribution in [1.29, 1.82) is 0 Å². The van der Waals surface area contributed by atoms with Gasteiger partial charge in [0.05, 0.1) is 0 Å². The highest BCUT2D eigenvalue weighted by atomic mass is 14.5. The zero-order valence-electron chi connectivity index (χ0n) is 7.72. The van der Waals surface area contributed by atoms with Crippen molar-refractivity contribution in [3.8, 4) is 0 Å². The molecule has 0 aromatic rings. The lowest BCUT2D eigenvalue weighted by molar-refractivity contribution is 0.383. The molecule has 0 bridgehead atoms. The molecule has 0 nitrogen and oxygen atoms in total. The zero-order valence-corrected chi connectivity index (χ0v) is 7.72. The Labute approximate surface area is 74.4 Å². The first kappa shape index (κ1) is 6.94. The minimum atomic E-state index is 0.991. The Balaban J connectivity index is 1.94. The van der Waals surface area contributed by atoms with Crippen LogP contribution in [0.3, 0.4) is 0 Å². The standard InChI is InChI=1S/C12H16/c1-8-5-6-11-10-4-2-3-9(10)7-12(8)11/h2-3,8,11-12H,4-7H2,1H3. The van der Waals surface area contributed by atoms with Crippen LogP contribution in [-0.2, 0) is 0 Å². The molecule has 0 heterocycles. The summed E-state index contributed by atoms with van der Waals surface area (Å²) in [6.45, 7) is 2.44. The third-order valence-corrected chi connectivity index (χ3v) is 4.15. The van der Waals surface area contributed by atoms with Crippen LogP contribution < -0.4 is 0 Å². The van der Waals surface area contributed by atoms with Gasteiger partial charge in [-0.2, -0.15) is 0 Å². The summed E-state index contributed by atoms with van der Waals surface area (Å²) in [5.41, 5.74) is 3.51. The summed E-state index contributed by atoms with van der Waals surface area (Å²) < 4.78 is 0. The Morgan fingerprint density at radius 3 is 3.17 bits per heavy atom. The van der Waals surface area contributed by atoms with Gasteiger partial charge in [0.1, 0.15) is 0 Å². The molecule has 0 aliphatic heterocycles. The van der Waals surface area contributed by atoms with Gasteiger partial charge in [0.25, 0.3) is 0 Å². The highest BCUT2D eigenvalue weighted by Crippen LogP contribution is 2.53. The molecule has 3 aliphatic carbocycles. The largest absolute Gasteiger partial charge is 0.0802 e. The Bertz CT molecular complexity index is 270. The monoisotopic (exact) mass is 160 g/mol. The lowest BCUT2D eigenvalue weighted by Gasteiger charge is -2.16. The van der Waals surface area contributed by atoms with E-state index in [1.165, 1.54) is 25.7 Å². The van der Waals surface area contributed by atoms with E-state index >= 15 is 0 Å². The second kappa shape index (κ2) is 2.25. The minimum Gasteiger partial charge on any atom is -0.0802 e. The van der Waals surface area contributed by atoms with Crippen molar-refractivity contribution >= 4 is 0 Å². The second-order valence-electron chi connectivity index (χ2n) is 4.69. The average molecular weight is 160 g/mol. The quantitative estimate of drug-likeness (QED) is 0.510. The fourth-order valence-electron chi connectivity index (χ4n) is 3.45. The molecule has 3 aliphatic rings. The van der Waals surface area contributed by atoms with Crippen LogP contribution in [0.5, 0.6) is 0 Å². The van der Waals surface area contributed by atoms with Crippen LogP contribution in [0.15, 0.2) is 23.3 Å². The van der Waals surface area contributed by atoms with E-state index in [2.05, 4.69) is 19.1 Å². The van der Waals surface area contributed by atoms with E-state index in [0.29, 0.717) is 0 Å². The molecular weight excluding hydrogens is 144 g/mol. The van der Waals surface area contributed by atoms with E-state index in [-0.39, 0.29) is 0 Å². The maximum atomic E-state index is 2.44. The minimum absolute atomic E-state index is 0.991. The number of hydrogen-bond acceptors (Lipinski definition) is 0. The third kappa shape index (κ3) is 0.734. The van der Waals surface area contributed by atoms with Crippen molar-refractivity contribution in [1.82, 2.24) is 0 Å². The Kier molecular flexibility index (Phi) is 1.30. The first-order valence-corrected chi connectivity index (χ1v) is 5.24. The van der Waals surface area contributed by atoms with Gasteiger partial charge < -0.3 is 0 Å². The number of hydrogen-bond donors (Lipinski definition) is 0. The molecule has 0 aromatic heterocycles. The van der Waals surface area contributed by atoms with E-state index in [0.717, 1.165) is 17.8 Å². The number of rotatable bonds is 0. The Morgan fingerprint density at radius 2 is 2.25 bits per heavy atom. The van der Waals surface area contributed by atoms with E-state index in [9.17, 15) is 0 Å². The van der Waals surface area contributed by atoms with Crippen molar-refractivity contribution in [2.24, 2.45) is 17.8 Å². The fraction of sp³-hybridized carbons (Fsp3) is 0.667. The molecule has 0 saturated heterocycles. The molecule has 12 heavy (non-hydrogen) atoms. The Morgan fingerprint density at radius 1 is 1.33 bits per heavy atom. The van der Waals surface area contributed by atoms with Gasteiger partial charge in [-0.1, -0.05) is 24.6 Å². The second-order valence-corrected chi connectivity index (χ2v) is 4.69. The van der Waals surface area contributed by atoms with Crippen LogP contribution in [-0.4, -0.2) is 0 Å². The topological polar surface area (TPSA) is 0 Å². The first-order valence-electron chi connectivity index (χ1n) is 5.24. The van der Waals surface area contributed by atoms with Crippen LogP contribution in [0.1, 0.15) is 32.6 Å². The number of allylic oxidation sites excluding steroid dienone is 4. The van der Waals surface area contributed by atoms with Crippen molar-refractivity contribution in [2.75, 3.05) is 0 Å². The summed E-state index contributed by atoms with van der Waals surface area (Å²) in [4.78, 5) is 0. The molecule has 0 spiro atoms. The smallest absolute Gasteiger partial charge is 0.0127 e. The van der Waals surface area contributed by atoms with Gasteiger partial charge >= 0.3 is 0 Å². The van der Waals surface area contributed by atoms with E-state index in [4.69, 9.17) is 0 Å². The van der Waals surface area contributed by atoms with Crippen LogP contribution >= 0.6 is 0 Å². The molecule has 3 atom stereocenters. The molecule has 0 radical (unpaired) electrons. The molecule has 0 amide bonds. The maximum absolute atomic E-state index is 2.44. The van der Waals surface area contributed by atoms with Gasteiger partial charge in [0, 0.05) is 0 Å². The highest BCUT2D eigenvalue weighted by molar-refractivity contribution is 5.40. The first-order chi connectivity index (χ1) is 5.86. The van der Waals surface area contributed by atoms with Gasteiger partial charge in [0.2, 0.25) is 0 Å². The van der Waals surface area contributed by atoms with Crippen molar-refractivity contribution in [3.05, 3.63) is 23.3 Å². The molecule has 1 fully saturated rings. The van der Waals surface area contributed by atoms with E-state index < -0.39 is 0 Å². The summed E-state index contributed by atoms with van der Waals surface area (Å²) in [5, 5.41) is 0. The van der Waals surface area contributed by atoms with Crippen molar-refractivity contribution < 1.29 is 0 Å². The van der Waals surface area contributed by atoms with Crippen LogP contribution in [0.4, 0.5) is 0 Å². The maximum Gasteiger partial charge on any atom is -0.0127 e. The summed E-state index contributed by atoms with van der Waals surface area (Å²) in [5.74, 6) is 3.01. The molecular formula is C12H16. The molecule has 0 aromatic carbocycles. The molecule has 3 unspecified atom stereocenters. The lowest BCUT2D eigenvalue weighted by Crippen LogP contribution is -2.08. The summed E-state index contributed by atoms with van der Waals surface area (Å²) in [6, 6.07) is 0. The van der Waals surface area contributed by atoms with Gasteiger partial charge in [-0.3, -0.25) is 0 Å². The van der Waals surface area contributed by atoms with Gasteiger partial charge in [-0.05, 0) is 49.0 Å². The normalized spacial score (nSPS) is 43.9. The van der Waals surface area contributed by atoms with Crippen LogP contribution in [0, 0.1) is 17.8 Å². The average Bonchev–Trinajstić information content (AvgIpc) is 2.63. The molecule has 1 saturated carbocycles. The summed E-state index contributed by atoms with van der Waals surface area (Å²) in [7, 11) is 0. The molecule has 0 heteroatoms. The van der Waals surface area contributed by atoms with Gasteiger partial charge in [-0.15, -0.1) is 0 Å². The molecule has 0 N–H and O–H groups in total. The Hall–Kier alpha value is -0.520. The summed E-state index contributed by atoms with van der Waals surface area (Å²) >= 11 is 0. The summed E-state index contributed by atoms with van der Waals surface area (Å²) in [6.07, 6.45) is 10.4.